The largest absolute Gasteiger partial charge is 0.369 e. The van der Waals surface area contributed by atoms with Gasteiger partial charge in [-0.3, -0.25) is 0 Å². The lowest BCUT2D eigenvalue weighted by molar-refractivity contribution is 0.932. The van der Waals surface area contributed by atoms with E-state index in [0.717, 1.165) is 37.6 Å². The standard InChI is InChI=1S/C15H18N4S/c20-14-6-7-19(11-14)13-8-15(18-17-10-13)16-9-12-4-2-1-3-5-12/h1-5,8,10,14,20H,6-7,9,11H2,(H,16,18). The van der Waals surface area contributed by atoms with E-state index in [0.29, 0.717) is 5.25 Å². The Bertz CT molecular complexity index is 561. The van der Waals surface area contributed by atoms with Gasteiger partial charge in [0.1, 0.15) is 0 Å². The highest BCUT2D eigenvalue weighted by Crippen LogP contribution is 2.23. The van der Waals surface area contributed by atoms with Crippen LogP contribution in [0.2, 0.25) is 0 Å². The van der Waals surface area contributed by atoms with Crippen molar-refractivity contribution in [3.63, 3.8) is 0 Å². The number of benzene rings is 1. The van der Waals surface area contributed by atoms with Crippen LogP contribution in [0.4, 0.5) is 11.5 Å². The number of hydrogen-bond acceptors (Lipinski definition) is 5. The van der Waals surface area contributed by atoms with Crippen molar-refractivity contribution in [3.8, 4) is 0 Å². The minimum absolute atomic E-state index is 0.462. The van der Waals surface area contributed by atoms with E-state index in [1.165, 1.54) is 5.56 Å². The van der Waals surface area contributed by atoms with Crippen molar-refractivity contribution in [1.29, 1.82) is 0 Å². The van der Waals surface area contributed by atoms with E-state index >= 15 is 0 Å². The van der Waals surface area contributed by atoms with Gasteiger partial charge in [0.2, 0.25) is 0 Å². The average Bonchev–Trinajstić information content (AvgIpc) is 2.93. The SMILES string of the molecule is SC1CCN(c2cnnc(NCc3ccccc3)c2)C1. The summed E-state index contributed by atoms with van der Waals surface area (Å²) in [6.07, 6.45) is 2.94. The number of anilines is 2. The van der Waals surface area contributed by atoms with Crippen LogP contribution in [-0.2, 0) is 6.54 Å². The molecular formula is C15H18N4S. The lowest BCUT2D eigenvalue weighted by atomic mass is 10.2. The fourth-order valence-corrected chi connectivity index (χ4v) is 2.69. The van der Waals surface area contributed by atoms with Crippen LogP contribution in [0, 0.1) is 0 Å². The third-order valence-corrected chi connectivity index (χ3v) is 3.91. The van der Waals surface area contributed by atoms with Crippen molar-refractivity contribution in [2.45, 2.75) is 18.2 Å². The molecule has 1 saturated heterocycles. The minimum atomic E-state index is 0.462. The smallest absolute Gasteiger partial charge is 0.150 e. The van der Waals surface area contributed by atoms with E-state index in [1.807, 2.05) is 24.4 Å². The molecule has 0 aliphatic carbocycles. The van der Waals surface area contributed by atoms with Gasteiger partial charge in [0.05, 0.1) is 11.9 Å². The Morgan fingerprint density at radius 1 is 1.30 bits per heavy atom. The highest BCUT2D eigenvalue weighted by Gasteiger charge is 2.20. The fourth-order valence-electron chi connectivity index (χ4n) is 2.38. The molecule has 1 aliphatic heterocycles. The maximum absolute atomic E-state index is 4.52. The predicted octanol–water partition coefficient (Wildman–Crippen LogP) is 2.60. The topological polar surface area (TPSA) is 41.1 Å². The molecule has 0 bridgehead atoms. The van der Waals surface area contributed by atoms with Crippen LogP contribution < -0.4 is 10.2 Å². The molecule has 3 rings (SSSR count). The molecule has 1 atom stereocenters. The zero-order chi connectivity index (χ0) is 13.8. The number of nitrogens with one attached hydrogen (secondary N) is 1. The first kappa shape index (κ1) is 13.2. The van der Waals surface area contributed by atoms with Crippen molar-refractivity contribution in [2.24, 2.45) is 0 Å². The molecule has 5 heteroatoms. The van der Waals surface area contributed by atoms with Gasteiger partial charge in [-0.05, 0) is 12.0 Å². The zero-order valence-electron chi connectivity index (χ0n) is 11.2. The van der Waals surface area contributed by atoms with E-state index in [-0.39, 0.29) is 0 Å². The maximum atomic E-state index is 4.52. The molecule has 0 radical (unpaired) electrons. The number of nitrogens with zero attached hydrogens (tertiary/aromatic N) is 3. The van der Waals surface area contributed by atoms with Crippen LogP contribution in [0.15, 0.2) is 42.6 Å². The number of rotatable bonds is 4. The summed E-state index contributed by atoms with van der Waals surface area (Å²) in [6, 6.07) is 12.3. The van der Waals surface area contributed by atoms with E-state index in [2.05, 4.69) is 51.2 Å². The number of aromatic nitrogens is 2. The molecule has 1 unspecified atom stereocenters. The van der Waals surface area contributed by atoms with Crippen LogP contribution in [-0.4, -0.2) is 28.5 Å². The van der Waals surface area contributed by atoms with Crippen LogP contribution in [0.1, 0.15) is 12.0 Å². The van der Waals surface area contributed by atoms with Crippen molar-refractivity contribution >= 4 is 24.1 Å². The van der Waals surface area contributed by atoms with Crippen LogP contribution in [0.3, 0.4) is 0 Å². The van der Waals surface area contributed by atoms with E-state index < -0.39 is 0 Å². The molecule has 1 aromatic carbocycles. The van der Waals surface area contributed by atoms with Crippen LogP contribution in [0.5, 0.6) is 0 Å². The molecule has 1 fully saturated rings. The molecule has 1 aliphatic rings. The van der Waals surface area contributed by atoms with Gasteiger partial charge >= 0.3 is 0 Å². The van der Waals surface area contributed by atoms with Gasteiger partial charge in [0.25, 0.3) is 0 Å². The third-order valence-electron chi connectivity index (χ3n) is 3.49. The lowest BCUT2D eigenvalue weighted by Crippen LogP contribution is -2.20. The summed E-state index contributed by atoms with van der Waals surface area (Å²) < 4.78 is 0. The van der Waals surface area contributed by atoms with Gasteiger partial charge in [0, 0.05) is 31.0 Å². The summed E-state index contributed by atoms with van der Waals surface area (Å²) in [6.45, 7) is 2.78. The van der Waals surface area contributed by atoms with Crippen molar-refractivity contribution in [1.82, 2.24) is 10.2 Å². The molecular weight excluding hydrogens is 268 g/mol. The van der Waals surface area contributed by atoms with Crippen molar-refractivity contribution in [3.05, 3.63) is 48.2 Å². The second kappa shape index (κ2) is 6.13. The van der Waals surface area contributed by atoms with Gasteiger partial charge in [-0.1, -0.05) is 30.3 Å². The predicted molar refractivity (Wildman–Crippen MR) is 85.4 cm³/mol. The van der Waals surface area contributed by atoms with Crippen LogP contribution >= 0.6 is 12.6 Å². The van der Waals surface area contributed by atoms with Gasteiger partial charge < -0.3 is 10.2 Å². The first-order valence-corrected chi connectivity index (χ1v) is 7.36. The summed E-state index contributed by atoms with van der Waals surface area (Å²) in [5, 5.41) is 12.0. The Morgan fingerprint density at radius 3 is 2.90 bits per heavy atom. The summed E-state index contributed by atoms with van der Waals surface area (Å²) >= 11 is 4.52. The normalized spacial score (nSPS) is 18.2. The zero-order valence-corrected chi connectivity index (χ0v) is 12.1. The van der Waals surface area contributed by atoms with Gasteiger partial charge in [0.15, 0.2) is 5.82 Å². The molecule has 2 heterocycles. The lowest BCUT2D eigenvalue weighted by Gasteiger charge is -2.17. The molecule has 1 aromatic heterocycles. The van der Waals surface area contributed by atoms with Crippen molar-refractivity contribution in [2.75, 3.05) is 23.3 Å². The summed E-state index contributed by atoms with van der Waals surface area (Å²) in [4.78, 5) is 2.31. The molecule has 104 valence electrons. The summed E-state index contributed by atoms with van der Waals surface area (Å²) in [7, 11) is 0. The Hall–Kier alpha value is -1.75. The second-order valence-corrected chi connectivity index (χ2v) is 5.76. The van der Waals surface area contributed by atoms with E-state index in [9.17, 15) is 0 Å². The quantitative estimate of drug-likeness (QED) is 0.848. The number of hydrogen-bond donors (Lipinski definition) is 2. The Morgan fingerprint density at radius 2 is 2.15 bits per heavy atom. The minimum Gasteiger partial charge on any atom is -0.369 e. The highest BCUT2D eigenvalue weighted by atomic mass is 32.1. The molecule has 1 N–H and O–H groups in total. The number of thiol groups is 1. The fraction of sp³-hybridized carbons (Fsp3) is 0.333. The van der Waals surface area contributed by atoms with E-state index in [1.54, 1.807) is 0 Å². The Labute approximate surface area is 124 Å². The Balaban J connectivity index is 1.65. The monoisotopic (exact) mass is 286 g/mol. The van der Waals surface area contributed by atoms with Gasteiger partial charge in [-0.15, -0.1) is 5.10 Å². The average molecular weight is 286 g/mol. The molecule has 20 heavy (non-hydrogen) atoms. The van der Waals surface area contributed by atoms with Crippen molar-refractivity contribution < 1.29 is 0 Å². The van der Waals surface area contributed by atoms with Gasteiger partial charge in [-0.25, -0.2) is 0 Å². The molecule has 0 saturated carbocycles. The Kier molecular flexibility index (Phi) is 4.06. The van der Waals surface area contributed by atoms with E-state index in [4.69, 9.17) is 0 Å². The first-order valence-electron chi connectivity index (χ1n) is 6.85. The van der Waals surface area contributed by atoms with Crippen LogP contribution in [0.25, 0.3) is 0 Å². The second-order valence-electron chi connectivity index (χ2n) is 5.03. The first-order chi connectivity index (χ1) is 9.81. The maximum Gasteiger partial charge on any atom is 0.150 e. The molecule has 0 amide bonds. The molecule has 0 spiro atoms. The summed E-state index contributed by atoms with van der Waals surface area (Å²) in [5.41, 5.74) is 2.35. The highest BCUT2D eigenvalue weighted by molar-refractivity contribution is 7.81. The third kappa shape index (κ3) is 3.22. The molecule has 4 nitrogen and oxygen atoms in total. The molecule has 2 aromatic rings. The summed E-state index contributed by atoms with van der Waals surface area (Å²) in [5.74, 6) is 0.814. The van der Waals surface area contributed by atoms with Gasteiger partial charge in [-0.2, -0.15) is 17.7 Å².